The first-order valence-corrected chi connectivity index (χ1v) is 10.1. The molecule has 3 heterocycles. The summed E-state index contributed by atoms with van der Waals surface area (Å²) in [7, 11) is 0. The third-order valence-electron chi connectivity index (χ3n) is 5.28. The quantitative estimate of drug-likeness (QED) is 0.829. The summed E-state index contributed by atoms with van der Waals surface area (Å²) >= 11 is 1.63. The molecule has 0 aliphatic carbocycles. The van der Waals surface area contributed by atoms with Gasteiger partial charge in [0.1, 0.15) is 5.01 Å². The first-order valence-electron chi connectivity index (χ1n) is 9.25. The van der Waals surface area contributed by atoms with E-state index in [1.54, 1.807) is 11.3 Å². The maximum atomic E-state index is 11.9. The lowest BCUT2D eigenvalue weighted by atomic mass is 9.89. The first-order chi connectivity index (χ1) is 12.7. The fourth-order valence-corrected chi connectivity index (χ4v) is 4.61. The summed E-state index contributed by atoms with van der Waals surface area (Å²) in [4.78, 5) is 16.2. The molecule has 2 saturated heterocycles. The van der Waals surface area contributed by atoms with Gasteiger partial charge in [-0.2, -0.15) is 0 Å². The minimum Gasteiger partial charge on any atom is -0.371 e. The molecule has 1 aromatic heterocycles. The van der Waals surface area contributed by atoms with E-state index in [1.165, 1.54) is 0 Å². The largest absolute Gasteiger partial charge is 0.371 e. The molecular formula is C19H24N4O2S. The second kappa shape index (κ2) is 7.32. The van der Waals surface area contributed by atoms with Gasteiger partial charge in [0.2, 0.25) is 11.0 Å². The van der Waals surface area contributed by atoms with E-state index in [0.717, 1.165) is 54.7 Å². The highest BCUT2D eigenvalue weighted by molar-refractivity contribution is 7.18. The van der Waals surface area contributed by atoms with Gasteiger partial charge in [-0.25, -0.2) is 0 Å². The number of nitrogens with zero attached hydrogens (tertiary/aromatic N) is 4. The van der Waals surface area contributed by atoms with Crippen molar-refractivity contribution in [2.45, 2.75) is 31.8 Å². The molecule has 4 rings (SSSR count). The van der Waals surface area contributed by atoms with Crippen LogP contribution in [0.4, 0.5) is 5.13 Å². The van der Waals surface area contributed by atoms with Crippen LogP contribution in [0, 0.1) is 0 Å². The molecule has 138 valence electrons. The van der Waals surface area contributed by atoms with Gasteiger partial charge in [-0.15, -0.1) is 10.2 Å². The number of likely N-dealkylation sites (tertiary alicyclic amines) is 1. The van der Waals surface area contributed by atoms with E-state index < -0.39 is 0 Å². The monoisotopic (exact) mass is 372 g/mol. The lowest BCUT2D eigenvalue weighted by molar-refractivity contribution is -0.139. The number of rotatable bonds is 3. The SMILES string of the molecule is CCC(=O)N1CCC2(CC1)CN(c1nnc(-c3ccccc3)s1)CCO2. The van der Waals surface area contributed by atoms with E-state index in [4.69, 9.17) is 4.74 Å². The van der Waals surface area contributed by atoms with Crippen molar-refractivity contribution in [1.82, 2.24) is 15.1 Å². The maximum Gasteiger partial charge on any atom is 0.222 e. The average molecular weight is 372 g/mol. The van der Waals surface area contributed by atoms with E-state index in [2.05, 4.69) is 27.2 Å². The van der Waals surface area contributed by atoms with Crippen LogP contribution >= 0.6 is 11.3 Å². The highest BCUT2D eigenvalue weighted by Crippen LogP contribution is 2.35. The minimum atomic E-state index is -0.165. The van der Waals surface area contributed by atoms with E-state index in [0.29, 0.717) is 13.0 Å². The summed E-state index contributed by atoms with van der Waals surface area (Å²) in [5, 5.41) is 10.7. The summed E-state index contributed by atoms with van der Waals surface area (Å²) in [6.45, 7) is 5.85. The van der Waals surface area contributed by atoms with Crippen LogP contribution in [-0.4, -0.2) is 59.4 Å². The van der Waals surface area contributed by atoms with Crippen molar-refractivity contribution in [3.8, 4) is 10.6 Å². The predicted molar refractivity (Wildman–Crippen MR) is 102 cm³/mol. The van der Waals surface area contributed by atoms with Crippen molar-refractivity contribution in [3.05, 3.63) is 30.3 Å². The second-order valence-electron chi connectivity index (χ2n) is 6.94. The lowest BCUT2D eigenvalue weighted by Gasteiger charge is -2.47. The smallest absolute Gasteiger partial charge is 0.222 e. The van der Waals surface area contributed by atoms with Gasteiger partial charge < -0.3 is 14.5 Å². The van der Waals surface area contributed by atoms with Crippen LogP contribution < -0.4 is 4.90 Å². The van der Waals surface area contributed by atoms with Crippen LogP contribution in [0.25, 0.3) is 10.6 Å². The first kappa shape index (κ1) is 17.4. The van der Waals surface area contributed by atoms with Crippen LogP contribution in [0.1, 0.15) is 26.2 Å². The van der Waals surface area contributed by atoms with E-state index in [-0.39, 0.29) is 11.5 Å². The lowest BCUT2D eigenvalue weighted by Crippen LogP contribution is -2.57. The molecule has 0 radical (unpaired) electrons. The van der Waals surface area contributed by atoms with Gasteiger partial charge in [-0.05, 0) is 12.8 Å². The molecule has 1 amide bonds. The second-order valence-corrected chi connectivity index (χ2v) is 7.90. The zero-order chi connectivity index (χ0) is 18.0. The van der Waals surface area contributed by atoms with Crippen LogP contribution in [0.5, 0.6) is 0 Å². The Morgan fingerprint density at radius 2 is 1.96 bits per heavy atom. The van der Waals surface area contributed by atoms with Gasteiger partial charge in [0, 0.05) is 38.2 Å². The number of anilines is 1. The maximum absolute atomic E-state index is 11.9. The van der Waals surface area contributed by atoms with E-state index in [1.807, 2.05) is 30.0 Å². The Morgan fingerprint density at radius 1 is 1.19 bits per heavy atom. The van der Waals surface area contributed by atoms with Gasteiger partial charge in [0.15, 0.2) is 0 Å². The van der Waals surface area contributed by atoms with Gasteiger partial charge in [-0.3, -0.25) is 4.79 Å². The number of piperidine rings is 1. The van der Waals surface area contributed by atoms with Crippen LogP contribution in [-0.2, 0) is 9.53 Å². The number of hydrogen-bond donors (Lipinski definition) is 0. The molecule has 2 aromatic rings. The molecule has 0 bridgehead atoms. The summed E-state index contributed by atoms with van der Waals surface area (Å²) in [6, 6.07) is 10.2. The zero-order valence-electron chi connectivity index (χ0n) is 15.1. The predicted octanol–water partition coefficient (Wildman–Crippen LogP) is 2.81. The molecule has 0 unspecified atom stereocenters. The van der Waals surface area contributed by atoms with Gasteiger partial charge in [-0.1, -0.05) is 48.6 Å². The van der Waals surface area contributed by atoms with Gasteiger partial charge >= 0.3 is 0 Å². The highest BCUT2D eigenvalue weighted by Gasteiger charge is 2.41. The Hall–Kier alpha value is -1.99. The van der Waals surface area contributed by atoms with Crippen molar-refractivity contribution < 1.29 is 9.53 Å². The van der Waals surface area contributed by atoms with Gasteiger partial charge in [0.05, 0.1) is 12.2 Å². The minimum absolute atomic E-state index is 0.165. The summed E-state index contributed by atoms with van der Waals surface area (Å²) in [6.07, 6.45) is 2.35. The van der Waals surface area contributed by atoms with Crippen molar-refractivity contribution in [2.24, 2.45) is 0 Å². The molecule has 1 spiro atoms. The van der Waals surface area contributed by atoms with Crippen molar-refractivity contribution in [1.29, 1.82) is 0 Å². The number of carbonyl (C=O) groups excluding carboxylic acids is 1. The number of carbonyl (C=O) groups is 1. The third kappa shape index (κ3) is 3.46. The Kier molecular flexibility index (Phi) is 4.91. The van der Waals surface area contributed by atoms with Crippen molar-refractivity contribution in [2.75, 3.05) is 37.7 Å². The standard InChI is InChI=1S/C19H24N4O2S/c1-2-16(24)22-10-8-19(9-11-22)14-23(12-13-25-19)18-21-20-17(26-18)15-6-4-3-5-7-15/h3-7H,2,8-14H2,1H3. The molecular weight excluding hydrogens is 348 g/mol. The number of morpholine rings is 1. The van der Waals surface area contributed by atoms with E-state index in [9.17, 15) is 4.79 Å². The fraction of sp³-hybridized carbons (Fsp3) is 0.526. The third-order valence-corrected chi connectivity index (χ3v) is 6.32. The Labute approximate surface area is 157 Å². The zero-order valence-corrected chi connectivity index (χ0v) is 15.9. The topological polar surface area (TPSA) is 58.6 Å². The molecule has 1 aromatic carbocycles. The van der Waals surface area contributed by atoms with Crippen LogP contribution in [0.3, 0.4) is 0 Å². The van der Waals surface area contributed by atoms with Crippen molar-refractivity contribution in [3.63, 3.8) is 0 Å². The molecule has 26 heavy (non-hydrogen) atoms. The highest BCUT2D eigenvalue weighted by atomic mass is 32.1. The van der Waals surface area contributed by atoms with Crippen molar-refractivity contribution >= 4 is 22.4 Å². The number of ether oxygens (including phenoxy) is 1. The molecule has 6 nitrogen and oxygen atoms in total. The molecule has 0 N–H and O–H groups in total. The molecule has 2 aliphatic rings. The van der Waals surface area contributed by atoms with Gasteiger partial charge in [0.25, 0.3) is 0 Å². The summed E-state index contributed by atoms with van der Waals surface area (Å²) < 4.78 is 6.19. The van der Waals surface area contributed by atoms with E-state index >= 15 is 0 Å². The number of hydrogen-bond acceptors (Lipinski definition) is 6. The summed E-state index contributed by atoms with van der Waals surface area (Å²) in [5.74, 6) is 0.240. The molecule has 0 saturated carbocycles. The normalized spacial score (nSPS) is 19.7. The number of amides is 1. The van der Waals surface area contributed by atoms with Crippen LogP contribution in [0.15, 0.2) is 30.3 Å². The number of benzene rings is 1. The summed E-state index contributed by atoms with van der Waals surface area (Å²) in [5.41, 5.74) is 0.937. The van der Waals surface area contributed by atoms with Crippen LogP contribution in [0.2, 0.25) is 0 Å². The Balaban J connectivity index is 1.45. The molecule has 2 aliphatic heterocycles. The Morgan fingerprint density at radius 3 is 2.69 bits per heavy atom. The molecule has 2 fully saturated rings. The number of aromatic nitrogens is 2. The molecule has 7 heteroatoms. The molecule has 0 atom stereocenters. The average Bonchev–Trinajstić information content (AvgIpc) is 3.19. The fourth-order valence-electron chi connectivity index (χ4n) is 3.74. The Bertz CT molecular complexity index is 756.